The maximum absolute atomic E-state index is 5.22. The topological polar surface area (TPSA) is 27.1 Å². The van der Waals surface area contributed by atoms with Gasteiger partial charge in [0, 0.05) is 0 Å². The Morgan fingerprint density at radius 3 is 2.15 bits per heavy atom. The van der Waals surface area contributed by atoms with Crippen molar-refractivity contribution >= 4 is 15.9 Å². The lowest BCUT2D eigenvalue weighted by atomic mass is 10.1. The molecule has 0 N–H and O–H groups in total. The molecular weight excluding hydrogens is 232 g/mol. The molecular formula is C9H15BrN2O. The van der Waals surface area contributed by atoms with Crippen LogP contribution in [0.2, 0.25) is 0 Å². The molecule has 13 heavy (non-hydrogen) atoms. The minimum atomic E-state index is -0.0274. The fourth-order valence-corrected chi connectivity index (χ4v) is 2.22. The van der Waals surface area contributed by atoms with E-state index in [-0.39, 0.29) is 5.54 Å². The quantitative estimate of drug-likeness (QED) is 0.762. The molecule has 0 fully saturated rings. The van der Waals surface area contributed by atoms with Crippen LogP contribution < -0.4 is 4.74 Å². The first-order valence-electron chi connectivity index (χ1n) is 4.17. The molecule has 0 saturated heterocycles. The molecule has 0 amide bonds. The Labute approximate surface area is 87.2 Å². The maximum atomic E-state index is 5.22. The Kier molecular flexibility index (Phi) is 2.71. The first-order valence-corrected chi connectivity index (χ1v) is 4.97. The van der Waals surface area contributed by atoms with Gasteiger partial charge in [-0.05, 0) is 43.6 Å². The number of hydrogen-bond donors (Lipinski definition) is 0. The normalized spacial score (nSPS) is 11.8. The fourth-order valence-electron chi connectivity index (χ4n) is 1.16. The molecule has 1 rings (SSSR count). The molecule has 0 aliphatic carbocycles. The van der Waals surface area contributed by atoms with Gasteiger partial charge in [0.1, 0.15) is 10.3 Å². The van der Waals surface area contributed by atoms with Gasteiger partial charge in [-0.25, -0.2) is 4.68 Å². The summed E-state index contributed by atoms with van der Waals surface area (Å²) in [5, 5.41) is 4.40. The molecule has 3 nitrogen and oxygen atoms in total. The second-order valence-corrected chi connectivity index (χ2v) is 4.74. The van der Waals surface area contributed by atoms with Crippen LogP contribution in [-0.2, 0) is 5.54 Å². The lowest BCUT2D eigenvalue weighted by molar-refractivity contribution is 0.342. The highest BCUT2D eigenvalue weighted by Gasteiger charge is 2.22. The lowest BCUT2D eigenvalue weighted by Gasteiger charge is -2.20. The van der Waals surface area contributed by atoms with Gasteiger partial charge < -0.3 is 4.74 Å². The van der Waals surface area contributed by atoms with Crippen molar-refractivity contribution in [1.29, 1.82) is 0 Å². The Morgan fingerprint density at radius 2 is 1.92 bits per heavy atom. The number of hydrogen-bond acceptors (Lipinski definition) is 2. The third kappa shape index (κ3) is 1.88. The van der Waals surface area contributed by atoms with E-state index >= 15 is 0 Å². The molecule has 0 aliphatic heterocycles. The summed E-state index contributed by atoms with van der Waals surface area (Å²) < 4.78 is 8.04. The third-order valence-corrected chi connectivity index (χ3v) is 2.49. The zero-order valence-corrected chi connectivity index (χ0v) is 10.3. The van der Waals surface area contributed by atoms with Crippen molar-refractivity contribution in [2.24, 2.45) is 0 Å². The standard InChI is InChI=1S/C9H15BrN2O/c1-6-7(13-5)8(10)12(11-6)9(2,3)4/h1-5H3. The van der Waals surface area contributed by atoms with Crippen molar-refractivity contribution < 1.29 is 4.74 Å². The van der Waals surface area contributed by atoms with Gasteiger partial charge in [0.05, 0.1) is 12.6 Å². The van der Waals surface area contributed by atoms with E-state index in [9.17, 15) is 0 Å². The molecule has 1 heterocycles. The molecule has 0 spiro atoms. The van der Waals surface area contributed by atoms with Crippen LogP contribution in [0.25, 0.3) is 0 Å². The number of aromatic nitrogens is 2. The summed E-state index contributed by atoms with van der Waals surface area (Å²) in [6.07, 6.45) is 0. The van der Waals surface area contributed by atoms with Crippen molar-refractivity contribution in [1.82, 2.24) is 9.78 Å². The first kappa shape index (κ1) is 10.6. The van der Waals surface area contributed by atoms with Gasteiger partial charge in [-0.2, -0.15) is 5.10 Å². The second-order valence-electron chi connectivity index (χ2n) is 3.99. The highest BCUT2D eigenvalue weighted by Crippen LogP contribution is 2.32. The lowest BCUT2D eigenvalue weighted by Crippen LogP contribution is -2.23. The van der Waals surface area contributed by atoms with E-state index in [1.807, 2.05) is 11.6 Å². The number of aryl methyl sites for hydroxylation is 1. The molecule has 0 radical (unpaired) electrons. The van der Waals surface area contributed by atoms with Crippen LogP contribution in [0.3, 0.4) is 0 Å². The highest BCUT2D eigenvalue weighted by atomic mass is 79.9. The fraction of sp³-hybridized carbons (Fsp3) is 0.667. The van der Waals surface area contributed by atoms with Crippen molar-refractivity contribution in [3.05, 3.63) is 10.3 Å². The number of nitrogens with zero attached hydrogens (tertiary/aromatic N) is 2. The minimum absolute atomic E-state index is 0.0274. The number of methoxy groups -OCH3 is 1. The van der Waals surface area contributed by atoms with Gasteiger partial charge in [-0.3, -0.25) is 0 Å². The zero-order chi connectivity index (χ0) is 10.2. The minimum Gasteiger partial charge on any atom is -0.492 e. The van der Waals surface area contributed by atoms with Crippen LogP contribution in [0.5, 0.6) is 5.75 Å². The van der Waals surface area contributed by atoms with E-state index in [1.54, 1.807) is 7.11 Å². The summed E-state index contributed by atoms with van der Waals surface area (Å²) in [5.74, 6) is 0.815. The molecule has 74 valence electrons. The number of halogens is 1. The van der Waals surface area contributed by atoms with E-state index in [1.165, 1.54) is 0 Å². The summed E-state index contributed by atoms with van der Waals surface area (Å²) in [6, 6.07) is 0. The van der Waals surface area contributed by atoms with Crippen LogP contribution in [0.4, 0.5) is 0 Å². The molecule has 0 unspecified atom stereocenters. The summed E-state index contributed by atoms with van der Waals surface area (Å²) in [7, 11) is 1.65. The average Bonchev–Trinajstić information content (AvgIpc) is 2.25. The summed E-state index contributed by atoms with van der Waals surface area (Å²) in [6.45, 7) is 8.24. The molecule has 0 saturated carbocycles. The van der Waals surface area contributed by atoms with Gasteiger partial charge in [-0.15, -0.1) is 0 Å². The van der Waals surface area contributed by atoms with E-state index < -0.39 is 0 Å². The maximum Gasteiger partial charge on any atom is 0.174 e. The van der Waals surface area contributed by atoms with Gasteiger partial charge >= 0.3 is 0 Å². The van der Waals surface area contributed by atoms with Crippen LogP contribution >= 0.6 is 15.9 Å². The first-order chi connectivity index (χ1) is 5.88. The van der Waals surface area contributed by atoms with Crippen LogP contribution in [0.15, 0.2) is 4.60 Å². The van der Waals surface area contributed by atoms with Crippen LogP contribution in [0.1, 0.15) is 26.5 Å². The van der Waals surface area contributed by atoms with Gasteiger partial charge in [0.2, 0.25) is 0 Å². The average molecular weight is 247 g/mol. The molecule has 0 aromatic carbocycles. The van der Waals surface area contributed by atoms with E-state index in [2.05, 4.69) is 41.8 Å². The molecule has 1 aromatic rings. The summed E-state index contributed by atoms with van der Waals surface area (Å²) in [4.78, 5) is 0. The van der Waals surface area contributed by atoms with Crippen molar-refractivity contribution in [3.8, 4) is 5.75 Å². The zero-order valence-electron chi connectivity index (χ0n) is 8.68. The van der Waals surface area contributed by atoms with E-state index in [4.69, 9.17) is 4.74 Å². The second kappa shape index (κ2) is 3.33. The predicted octanol–water partition coefficient (Wildman–Crippen LogP) is 2.72. The van der Waals surface area contributed by atoms with Crippen LogP contribution in [-0.4, -0.2) is 16.9 Å². The van der Waals surface area contributed by atoms with Crippen molar-refractivity contribution in [3.63, 3.8) is 0 Å². The molecule has 0 aliphatic rings. The largest absolute Gasteiger partial charge is 0.492 e. The van der Waals surface area contributed by atoms with E-state index in [0.717, 1.165) is 16.0 Å². The highest BCUT2D eigenvalue weighted by molar-refractivity contribution is 9.10. The third-order valence-electron chi connectivity index (χ3n) is 1.79. The van der Waals surface area contributed by atoms with Crippen molar-refractivity contribution in [2.75, 3.05) is 7.11 Å². The van der Waals surface area contributed by atoms with Gasteiger partial charge in [0.15, 0.2) is 5.75 Å². The van der Waals surface area contributed by atoms with Crippen molar-refractivity contribution in [2.45, 2.75) is 33.2 Å². The smallest absolute Gasteiger partial charge is 0.174 e. The number of ether oxygens (including phenoxy) is 1. The Balaban J connectivity index is 3.26. The summed E-state index contributed by atoms with van der Waals surface area (Å²) in [5.41, 5.74) is 0.879. The predicted molar refractivity (Wildman–Crippen MR) is 56.2 cm³/mol. The molecule has 4 heteroatoms. The monoisotopic (exact) mass is 246 g/mol. The van der Waals surface area contributed by atoms with Crippen LogP contribution in [0, 0.1) is 6.92 Å². The summed E-state index contributed by atoms with van der Waals surface area (Å²) >= 11 is 3.47. The molecule has 0 atom stereocenters. The molecule has 1 aromatic heterocycles. The number of rotatable bonds is 1. The molecule has 0 bridgehead atoms. The Bertz CT molecular complexity index is 312. The Morgan fingerprint density at radius 1 is 1.38 bits per heavy atom. The SMILES string of the molecule is COc1c(C)nn(C(C)(C)C)c1Br. The van der Waals surface area contributed by atoms with Gasteiger partial charge in [0.25, 0.3) is 0 Å². The Hall–Kier alpha value is -0.510. The van der Waals surface area contributed by atoms with Gasteiger partial charge in [-0.1, -0.05) is 0 Å². The van der Waals surface area contributed by atoms with E-state index in [0.29, 0.717) is 0 Å².